The molecule has 0 saturated heterocycles. The largest absolute Gasteiger partial charge is 0.464 e. The molecule has 10 heteroatoms. The molecule has 0 aliphatic heterocycles. The molecule has 4 rings (SSSR count). The quantitative estimate of drug-likeness (QED) is 0.435. The van der Waals surface area contributed by atoms with Gasteiger partial charge in [0.15, 0.2) is 0 Å². The van der Waals surface area contributed by atoms with Crippen LogP contribution in [0, 0.1) is 0 Å². The molecule has 0 aliphatic rings. The third kappa shape index (κ3) is 3.71. The van der Waals surface area contributed by atoms with Crippen molar-refractivity contribution in [3.05, 3.63) is 64.1 Å². The molecule has 4 heterocycles. The fourth-order valence-corrected chi connectivity index (χ4v) is 3.76. The maximum atomic E-state index is 12.8. The van der Waals surface area contributed by atoms with Crippen LogP contribution in [0.2, 0.25) is 0 Å². The van der Waals surface area contributed by atoms with Crippen LogP contribution in [0.3, 0.4) is 0 Å². The molecule has 0 spiro atoms. The summed E-state index contributed by atoms with van der Waals surface area (Å²) < 4.78 is 36.3. The third-order valence-electron chi connectivity index (χ3n) is 3.61. The van der Waals surface area contributed by atoms with Crippen molar-refractivity contribution < 1.29 is 17.6 Å². The molecule has 0 N–H and O–H groups in total. The predicted molar refractivity (Wildman–Crippen MR) is 101 cm³/mol. The molecule has 0 atom stereocenters. The van der Waals surface area contributed by atoms with Gasteiger partial charge in [-0.05, 0) is 24.3 Å². The third-order valence-corrected chi connectivity index (χ3v) is 5.20. The predicted octanol–water partition coefficient (Wildman–Crippen LogP) is 4.65. The van der Waals surface area contributed by atoms with E-state index in [0.29, 0.717) is 44.8 Å². The highest BCUT2D eigenvalue weighted by molar-refractivity contribution is 7.98. The highest BCUT2D eigenvalue weighted by Gasteiger charge is 2.14. The smallest absolute Gasteiger partial charge is 0.284 e. The molecular formula is C17H11F2N3O3S2. The summed E-state index contributed by atoms with van der Waals surface area (Å²) in [5.74, 6) is -1.07. The number of hydrogen-bond donors (Lipinski definition) is 0. The molecule has 0 amide bonds. The van der Waals surface area contributed by atoms with Gasteiger partial charge in [0, 0.05) is 10.9 Å². The number of thioether (sulfide) groups is 1. The number of hydrogen-bond acceptors (Lipinski definition) is 7. The van der Waals surface area contributed by atoms with Gasteiger partial charge in [0.1, 0.15) is 28.4 Å². The zero-order chi connectivity index (χ0) is 18.8. The first-order valence-electron chi connectivity index (χ1n) is 7.67. The lowest BCUT2D eigenvalue weighted by Gasteiger charge is -1.99. The number of halogens is 2. The van der Waals surface area contributed by atoms with E-state index in [2.05, 4.69) is 10.1 Å². The van der Waals surface area contributed by atoms with Crippen molar-refractivity contribution in [1.82, 2.24) is 9.66 Å². The summed E-state index contributed by atoms with van der Waals surface area (Å²) in [6.07, 6.45) is 4.19. The minimum atomic E-state index is -2.46. The van der Waals surface area contributed by atoms with Crippen molar-refractivity contribution in [1.29, 1.82) is 0 Å². The van der Waals surface area contributed by atoms with Crippen molar-refractivity contribution in [3.8, 4) is 11.3 Å². The molecule has 0 radical (unpaired) electrons. The normalized spacial score (nSPS) is 12.0. The molecule has 0 bridgehead atoms. The van der Waals surface area contributed by atoms with Crippen LogP contribution in [-0.4, -0.2) is 21.6 Å². The molecule has 6 nitrogen and oxygen atoms in total. The SMILES string of the molecule is O=c1c2c(-c3ccco3)csc2ncn1/N=C\c1ccc(CSC(F)F)o1. The first-order chi connectivity index (χ1) is 13.1. The zero-order valence-corrected chi connectivity index (χ0v) is 15.2. The van der Waals surface area contributed by atoms with E-state index in [0.717, 1.165) is 4.68 Å². The number of furan rings is 2. The van der Waals surface area contributed by atoms with Gasteiger partial charge in [-0.25, -0.2) is 4.98 Å². The van der Waals surface area contributed by atoms with E-state index in [1.54, 1.807) is 24.3 Å². The average molecular weight is 407 g/mol. The molecule has 138 valence electrons. The van der Waals surface area contributed by atoms with E-state index >= 15 is 0 Å². The second kappa shape index (κ2) is 7.49. The van der Waals surface area contributed by atoms with E-state index in [4.69, 9.17) is 8.83 Å². The average Bonchev–Trinajstić information content (AvgIpc) is 3.39. The van der Waals surface area contributed by atoms with Gasteiger partial charge in [-0.15, -0.1) is 11.3 Å². The van der Waals surface area contributed by atoms with Crippen molar-refractivity contribution in [2.24, 2.45) is 5.10 Å². The molecule has 4 aromatic rings. The van der Waals surface area contributed by atoms with Gasteiger partial charge < -0.3 is 8.83 Å². The van der Waals surface area contributed by atoms with Crippen LogP contribution in [0.15, 0.2) is 61.0 Å². The Morgan fingerprint density at radius 1 is 1.37 bits per heavy atom. The highest BCUT2D eigenvalue weighted by atomic mass is 32.2. The summed E-state index contributed by atoms with van der Waals surface area (Å²) in [5, 5.41) is 6.31. The second-order valence-electron chi connectivity index (χ2n) is 5.32. The first-order valence-corrected chi connectivity index (χ1v) is 9.60. The molecule has 0 aliphatic carbocycles. The number of nitrogens with zero attached hydrogens (tertiary/aromatic N) is 3. The van der Waals surface area contributed by atoms with E-state index in [9.17, 15) is 13.6 Å². The molecule has 0 aromatic carbocycles. The van der Waals surface area contributed by atoms with Crippen molar-refractivity contribution in [2.45, 2.75) is 11.5 Å². The van der Waals surface area contributed by atoms with Gasteiger partial charge >= 0.3 is 0 Å². The van der Waals surface area contributed by atoms with Crippen LogP contribution in [0.5, 0.6) is 0 Å². The lowest BCUT2D eigenvalue weighted by atomic mass is 10.2. The minimum Gasteiger partial charge on any atom is -0.464 e. The van der Waals surface area contributed by atoms with E-state index < -0.39 is 5.76 Å². The molecular weight excluding hydrogens is 396 g/mol. The van der Waals surface area contributed by atoms with E-state index in [-0.39, 0.29) is 11.3 Å². The Kier molecular flexibility index (Phi) is 4.90. The Balaban J connectivity index is 1.63. The number of rotatable bonds is 6. The van der Waals surface area contributed by atoms with Gasteiger partial charge in [0.2, 0.25) is 0 Å². The lowest BCUT2D eigenvalue weighted by Crippen LogP contribution is -2.16. The first kappa shape index (κ1) is 17.7. The molecule has 0 unspecified atom stereocenters. The Labute approximate surface area is 159 Å². The maximum absolute atomic E-state index is 12.8. The van der Waals surface area contributed by atoms with Crippen LogP contribution in [0.1, 0.15) is 11.5 Å². The van der Waals surface area contributed by atoms with Gasteiger partial charge in [-0.2, -0.15) is 18.6 Å². The fraction of sp³-hybridized carbons (Fsp3) is 0.118. The Morgan fingerprint density at radius 2 is 2.26 bits per heavy atom. The lowest BCUT2D eigenvalue weighted by molar-refractivity contribution is 0.251. The minimum absolute atomic E-state index is 0.0559. The summed E-state index contributed by atoms with van der Waals surface area (Å²) in [7, 11) is 0. The Morgan fingerprint density at radius 3 is 3.04 bits per heavy atom. The topological polar surface area (TPSA) is 73.5 Å². The molecule has 4 aromatic heterocycles. The van der Waals surface area contributed by atoms with Crippen molar-refractivity contribution in [2.75, 3.05) is 0 Å². The molecule has 27 heavy (non-hydrogen) atoms. The van der Waals surface area contributed by atoms with Crippen LogP contribution in [0.25, 0.3) is 21.5 Å². The van der Waals surface area contributed by atoms with Crippen molar-refractivity contribution in [3.63, 3.8) is 0 Å². The second-order valence-corrected chi connectivity index (χ2v) is 7.16. The summed E-state index contributed by atoms with van der Waals surface area (Å²) in [6.45, 7) is 0. The zero-order valence-electron chi connectivity index (χ0n) is 13.5. The van der Waals surface area contributed by atoms with Gasteiger partial charge in [0.05, 0.1) is 23.6 Å². The van der Waals surface area contributed by atoms with E-state index in [1.807, 2.05) is 5.38 Å². The standard InChI is InChI=1S/C17H11F2N3O3S2/c18-17(19)27-7-11-4-3-10(25-11)6-21-22-9-20-15-14(16(22)23)12(8-26-15)13-2-1-5-24-13/h1-6,8-9,17H,7H2/b21-6-. The van der Waals surface area contributed by atoms with Crippen LogP contribution in [-0.2, 0) is 5.75 Å². The summed E-state index contributed by atoms with van der Waals surface area (Å²) in [6, 6.07) is 6.70. The molecule has 0 saturated carbocycles. The summed E-state index contributed by atoms with van der Waals surface area (Å²) in [4.78, 5) is 17.6. The fourth-order valence-electron chi connectivity index (χ4n) is 2.42. The monoisotopic (exact) mass is 407 g/mol. The number of aromatic nitrogens is 2. The maximum Gasteiger partial charge on any atom is 0.284 e. The van der Waals surface area contributed by atoms with Gasteiger partial charge in [-0.3, -0.25) is 4.79 Å². The Bertz CT molecular complexity index is 1150. The summed E-state index contributed by atoms with van der Waals surface area (Å²) >= 11 is 1.81. The van der Waals surface area contributed by atoms with Crippen LogP contribution in [0.4, 0.5) is 8.78 Å². The van der Waals surface area contributed by atoms with E-state index in [1.165, 1.54) is 30.1 Å². The number of thiophene rings is 1. The Hall–Kier alpha value is -2.72. The highest BCUT2D eigenvalue weighted by Crippen LogP contribution is 2.30. The van der Waals surface area contributed by atoms with Crippen molar-refractivity contribution >= 4 is 39.5 Å². The van der Waals surface area contributed by atoms with Gasteiger partial charge in [-0.1, -0.05) is 11.8 Å². The van der Waals surface area contributed by atoms with Crippen LogP contribution < -0.4 is 5.56 Å². The number of fused-ring (bicyclic) bond motifs is 1. The van der Waals surface area contributed by atoms with Gasteiger partial charge in [0.25, 0.3) is 11.3 Å². The number of alkyl halides is 2. The molecule has 0 fully saturated rings. The van der Waals surface area contributed by atoms with Crippen LogP contribution >= 0.6 is 23.1 Å². The summed E-state index contributed by atoms with van der Waals surface area (Å²) in [5.41, 5.74) is 0.315.